The van der Waals surface area contributed by atoms with Crippen molar-refractivity contribution >= 4 is 13.5 Å². The summed E-state index contributed by atoms with van der Waals surface area (Å²) in [7, 11) is 0. The number of hydrogen-bond acceptors (Lipinski definition) is 4. The van der Waals surface area contributed by atoms with E-state index in [0.29, 0.717) is 23.0 Å². The van der Waals surface area contributed by atoms with E-state index in [2.05, 4.69) is 36.4 Å². The Bertz CT molecular complexity index is 1320. The largest absolute Gasteiger partial charge is 0.507 e. The van der Waals surface area contributed by atoms with E-state index in [9.17, 15) is 5.11 Å². The van der Waals surface area contributed by atoms with Crippen LogP contribution in [0.15, 0.2) is 54.6 Å². The van der Waals surface area contributed by atoms with Crippen LogP contribution in [0, 0.1) is 6.92 Å². The first kappa shape index (κ1) is 23.6. The molecule has 178 valence electrons. The molecule has 2 aliphatic rings. The number of phenolic OH excluding ortho intramolecular Hbond substituents is 1. The highest BCUT2D eigenvalue weighted by molar-refractivity contribution is 7.59. The molecule has 4 aromatic rings. The van der Waals surface area contributed by atoms with Gasteiger partial charge in [-0.05, 0) is 110 Å². The van der Waals surface area contributed by atoms with E-state index in [1.165, 1.54) is 47.9 Å². The highest BCUT2D eigenvalue weighted by Gasteiger charge is 2.18. The molecule has 3 aromatic carbocycles. The van der Waals surface area contributed by atoms with Gasteiger partial charge >= 0.3 is 0 Å². The zero-order valence-electron chi connectivity index (χ0n) is 20.1. The third kappa shape index (κ3) is 4.70. The van der Waals surface area contributed by atoms with Gasteiger partial charge in [0.25, 0.3) is 0 Å². The number of rotatable bonds is 3. The van der Waals surface area contributed by atoms with E-state index in [4.69, 9.17) is 15.0 Å². The fourth-order valence-corrected chi connectivity index (χ4v) is 5.33. The van der Waals surface area contributed by atoms with Gasteiger partial charge in [0.2, 0.25) is 0 Å². The van der Waals surface area contributed by atoms with Gasteiger partial charge in [-0.3, -0.25) is 0 Å². The summed E-state index contributed by atoms with van der Waals surface area (Å²) in [5, 5.41) is 10.7. The van der Waals surface area contributed by atoms with Crippen LogP contribution < -0.4 is 0 Å². The molecule has 0 bridgehead atoms. The quantitative estimate of drug-likeness (QED) is 0.351. The number of aromatic hydroxyl groups is 1. The van der Waals surface area contributed by atoms with E-state index < -0.39 is 0 Å². The number of benzene rings is 3. The minimum atomic E-state index is 0. The molecule has 1 aromatic heterocycles. The Balaban J connectivity index is 0.00000253. The van der Waals surface area contributed by atoms with Gasteiger partial charge in [-0.15, -0.1) is 0 Å². The fraction of sp³-hybridized carbons (Fsp3) is 0.300. The summed E-state index contributed by atoms with van der Waals surface area (Å²) in [4.78, 5) is 14.6. The molecule has 0 spiro atoms. The van der Waals surface area contributed by atoms with Crippen molar-refractivity contribution in [3.63, 3.8) is 0 Å². The van der Waals surface area contributed by atoms with Gasteiger partial charge in [0.1, 0.15) is 5.75 Å². The molecule has 35 heavy (non-hydrogen) atoms. The lowest BCUT2D eigenvalue weighted by atomic mass is 9.90. The van der Waals surface area contributed by atoms with Crippen molar-refractivity contribution in [1.29, 1.82) is 0 Å². The van der Waals surface area contributed by atoms with Crippen LogP contribution in [0.1, 0.15) is 53.5 Å². The van der Waals surface area contributed by atoms with Gasteiger partial charge in [0.05, 0.1) is 5.56 Å². The van der Waals surface area contributed by atoms with Crippen LogP contribution >= 0.6 is 13.5 Å². The van der Waals surface area contributed by atoms with E-state index in [-0.39, 0.29) is 19.2 Å². The van der Waals surface area contributed by atoms with Crippen LogP contribution in [0.4, 0.5) is 0 Å². The van der Waals surface area contributed by atoms with Crippen LogP contribution in [-0.2, 0) is 25.7 Å². The van der Waals surface area contributed by atoms with Gasteiger partial charge < -0.3 is 5.11 Å². The zero-order chi connectivity index (χ0) is 23.1. The van der Waals surface area contributed by atoms with E-state index in [1.807, 2.05) is 19.1 Å². The van der Waals surface area contributed by atoms with Crippen LogP contribution in [0.5, 0.6) is 5.75 Å². The lowest BCUT2D eigenvalue weighted by Gasteiger charge is -2.17. The monoisotopic (exact) mass is 481 g/mol. The van der Waals surface area contributed by atoms with Crippen molar-refractivity contribution < 1.29 is 5.11 Å². The minimum Gasteiger partial charge on any atom is -0.507 e. The van der Waals surface area contributed by atoms with E-state index in [0.717, 1.165) is 42.4 Å². The Morgan fingerprint density at radius 3 is 1.57 bits per heavy atom. The smallest absolute Gasteiger partial charge is 0.167 e. The average Bonchev–Trinajstić information content (AvgIpc) is 2.88. The highest BCUT2D eigenvalue weighted by Crippen LogP contribution is 2.33. The highest BCUT2D eigenvalue weighted by atomic mass is 32.1. The van der Waals surface area contributed by atoms with Gasteiger partial charge in [0, 0.05) is 11.1 Å². The molecule has 1 N–H and O–H groups in total. The van der Waals surface area contributed by atoms with Gasteiger partial charge in [-0.25, -0.2) is 15.0 Å². The molecular weight excluding hydrogens is 450 g/mol. The molecule has 6 rings (SSSR count). The molecule has 1 heterocycles. The summed E-state index contributed by atoms with van der Waals surface area (Å²) in [6.07, 6.45) is 9.50. The van der Waals surface area contributed by atoms with Crippen molar-refractivity contribution in [1.82, 2.24) is 15.0 Å². The summed E-state index contributed by atoms with van der Waals surface area (Å²) < 4.78 is 0. The molecule has 0 radical (unpaired) electrons. The first-order valence-corrected chi connectivity index (χ1v) is 12.4. The number of phenols is 1. The predicted molar refractivity (Wildman–Crippen MR) is 146 cm³/mol. The first-order chi connectivity index (χ1) is 16.6. The van der Waals surface area contributed by atoms with Crippen molar-refractivity contribution in [2.75, 3.05) is 0 Å². The normalized spacial score (nSPS) is 14.5. The van der Waals surface area contributed by atoms with Crippen molar-refractivity contribution in [3.8, 4) is 39.9 Å². The van der Waals surface area contributed by atoms with Gasteiger partial charge in [-0.2, -0.15) is 13.5 Å². The second-order valence-electron chi connectivity index (χ2n) is 9.71. The fourth-order valence-electron chi connectivity index (χ4n) is 5.33. The standard InChI is InChI=1S/C30H29N3O.H2S/c1-19-10-15-26(27(34)16-19)30-32-28(24-13-11-20-6-2-4-8-22(20)17-24)31-29(33-30)25-14-12-21-7-3-5-9-23(21)18-25;/h10-18,34H,2-9H2,1H3;1H2. The maximum atomic E-state index is 10.7. The number of hydrogen-bond donors (Lipinski definition) is 1. The van der Waals surface area contributed by atoms with Crippen LogP contribution in [0.2, 0.25) is 0 Å². The molecule has 0 saturated heterocycles. The number of aromatic nitrogens is 3. The van der Waals surface area contributed by atoms with Crippen LogP contribution in [-0.4, -0.2) is 20.1 Å². The third-order valence-corrected chi connectivity index (χ3v) is 7.24. The number of fused-ring (bicyclic) bond motifs is 2. The summed E-state index contributed by atoms with van der Waals surface area (Å²) >= 11 is 0. The molecule has 0 unspecified atom stereocenters. The second-order valence-corrected chi connectivity index (χ2v) is 9.71. The summed E-state index contributed by atoms with van der Waals surface area (Å²) in [5.74, 6) is 2.02. The zero-order valence-corrected chi connectivity index (χ0v) is 21.1. The molecule has 0 atom stereocenters. The summed E-state index contributed by atoms with van der Waals surface area (Å²) in [6.45, 7) is 1.97. The van der Waals surface area contributed by atoms with Crippen molar-refractivity contribution in [2.45, 2.75) is 58.3 Å². The molecule has 5 heteroatoms. The maximum absolute atomic E-state index is 10.7. The van der Waals surface area contributed by atoms with Gasteiger partial charge in [0.15, 0.2) is 17.5 Å². The van der Waals surface area contributed by atoms with Crippen LogP contribution in [0.25, 0.3) is 34.2 Å². The second kappa shape index (κ2) is 9.82. The SMILES string of the molecule is Cc1ccc(-c2nc(-c3ccc4c(c3)CCCC4)nc(-c3ccc4c(c3)CCCC4)n2)c(O)c1.S. The summed E-state index contributed by atoms with van der Waals surface area (Å²) in [6, 6.07) is 18.9. The average molecular weight is 482 g/mol. The van der Waals surface area contributed by atoms with Crippen molar-refractivity contribution in [3.05, 3.63) is 82.4 Å². The number of aryl methyl sites for hydroxylation is 5. The lowest BCUT2D eigenvalue weighted by molar-refractivity contribution is 0.476. The van der Waals surface area contributed by atoms with E-state index in [1.54, 1.807) is 6.07 Å². The lowest BCUT2D eigenvalue weighted by Crippen LogP contribution is -2.05. The Morgan fingerprint density at radius 2 is 1.06 bits per heavy atom. The van der Waals surface area contributed by atoms with Gasteiger partial charge in [-0.1, -0.05) is 30.3 Å². The molecule has 0 fully saturated rings. The Labute approximate surface area is 214 Å². The number of nitrogens with zero attached hydrogens (tertiary/aromatic N) is 3. The Morgan fingerprint density at radius 1 is 0.571 bits per heavy atom. The van der Waals surface area contributed by atoms with Crippen LogP contribution in [0.3, 0.4) is 0 Å². The Hall–Kier alpha value is -3.18. The van der Waals surface area contributed by atoms with E-state index >= 15 is 0 Å². The predicted octanol–water partition coefficient (Wildman–Crippen LogP) is 6.76. The minimum absolute atomic E-state index is 0. The molecule has 0 saturated carbocycles. The molecular formula is C30H31N3OS. The molecule has 0 amide bonds. The molecule has 0 aliphatic heterocycles. The first-order valence-electron chi connectivity index (χ1n) is 12.4. The molecule has 2 aliphatic carbocycles. The summed E-state index contributed by atoms with van der Waals surface area (Å²) in [5.41, 5.74) is 9.33. The van der Waals surface area contributed by atoms with Crippen molar-refractivity contribution in [2.24, 2.45) is 0 Å². The maximum Gasteiger partial charge on any atom is 0.167 e. The Kier molecular flexibility index (Phi) is 6.61. The topological polar surface area (TPSA) is 58.9 Å². The molecule has 4 nitrogen and oxygen atoms in total. The third-order valence-electron chi connectivity index (χ3n) is 7.24.